The summed E-state index contributed by atoms with van der Waals surface area (Å²) in [6.45, 7) is 3.88. The second kappa shape index (κ2) is 3.04. The summed E-state index contributed by atoms with van der Waals surface area (Å²) in [4.78, 5) is 0. The summed E-state index contributed by atoms with van der Waals surface area (Å²) in [6.07, 6.45) is 0.124. The van der Waals surface area contributed by atoms with E-state index in [1.165, 1.54) is 0 Å². The fourth-order valence-electron chi connectivity index (χ4n) is 0.649. The summed E-state index contributed by atoms with van der Waals surface area (Å²) in [5.41, 5.74) is 0. The smallest absolute Gasteiger partial charge is 0.315 e. The van der Waals surface area contributed by atoms with Gasteiger partial charge in [0, 0.05) is 7.05 Å². The summed E-state index contributed by atoms with van der Waals surface area (Å²) in [7, 11) is 1.81. The Morgan fingerprint density at radius 1 is 1.64 bits per heavy atom. The molecule has 0 bridgehead atoms. The van der Waals surface area contributed by atoms with Gasteiger partial charge in [-0.3, -0.25) is 4.57 Å². The molecule has 1 aromatic heterocycles. The first-order chi connectivity index (χ1) is 5.11. The van der Waals surface area contributed by atoms with Crippen molar-refractivity contribution in [1.29, 1.82) is 0 Å². The normalized spacial score (nSPS) is 10.5. The van der Waals surface area contributed by atoms with E-state index in [2.05, 4.69) is 10.2 Å². The number of nitrogens with one attached hydrogen (secondary N) is 1. The Kier molecular flexibility index (Phi) is 2.28. The molecular formula is C6H11N3OS. The number of hydrogen-bond acceptors (Lipinski definition) is 3. The number of H-pyrrole nitrogens is 1. The first-order valence-electron chi connectivity index (χ1n) is 3.39. The van der Waals surface area contributed by atoms with Crippen LogP contribution >= 0.6 is 12.2 Å². The monoisotopic (exact) mass is 173 g/mol. The van der Waals surface area contributed by atoms with Crippen LogP contribution < -0.4 is 4.74 Å². The molecule has 0 spiro atoms. The minimum atomic E-state index is 0.124. The molecule has 1 rings (SSSR count). The van der Waals surface area contributed by atoms with Crippen molar-refractivity contribution in [3.8, 4) is 6.01 Å². The maximum absolute atomic E-state index is 5.32. The zero-order valence-electron chi connectivity index (χ0n) is 6.79. The Morgan fingerprint density at radius 2 is 2.27 bits per heavy atom. The summed E-state index contributed by atoms with van der Waals surface area (Å²) in [6, 6.07) is 0.532. The van der Waals surface area contributed by atoms with Gasteiger partial charge in [0.15, 0.2) is 4.77 Å². The van der Waals surface area contributed by atoms with Crippen molar-refractivity contribution in [3.05, 3.63) is 4.77 Å². The predicted octanol–water partition coefficient (Wildman–Crippen LogP) is 1.26. The van der Waals surface area contributed by atoms with E-state index >= 15 is 0 Å². The number of nitrogens with zero attached hydrogens (tertiary/aromatic N) is 2. The lowest BCUT2D eigenvalue weighted by Crippen LogP contribution is -2.09. The third kappa shape index (κ3) is 1.80. The van der Waals surface area contributed by atoms with Crippen molar-refractivity contribution in [3.63, 3.8) is 0 Å². The summed E-state index contributed by atoms with van der Waals surface area (Å²) >= 11 is 4.89. The van der Waals surface area contributed by atoms with Crippen LogP contribution in [0.2, 0.25) is 0 Å². The van der Waals surface area contributed by atoms with Crippen molar-refractivity contribution in [2.24, 2.45) is 7.05 Å². The van der Waals surface area contributed by atoms with E-state index in [-0.39, 0.29) is 6.10 Å². The van der Waals surface area contributed by atoms with Gasteiger partial charge in [-0.05, 0) is 26.1 Å². The number of aromatic nitrogens is 3. The lowest BCUT2D eigenvalue weighted by atomic mass is 10.5. The minimum Gasteiger partial charge on any atom is -0.461 e. The fourth-order valence-corrected chi connectivity index (χ4v) is 0.772. The van der Waals surface area contributed by atoms with Gasteiger partial charge in [-0.15, -0.1) is 5.10 Å². The molecule has 1 N–H and O–H groups in total. The topological polar surface area (TPSA) is 42.8 Å². The Balaban J connectivity index is 2.87. The lowest BCUT2D eigenvalue weighted by Gasteiger charge is -2.06. The molecule has 11 heavy (non-hydrogen) atoms. The number of ether oxygens (including phenoxy) is 1. The predicted molar refractivity (Wildman–Crippen MR) is 44.2 cm³/mol. The van der Waals surface area contributed by atoms with Crippen LogP contribution in [0.15, 0.2) is 0 Å². The number of aromatic amines is 1. The van der Waals surface area contributed by atoms with E-state index in [9.17, 15) is 0 Å². The molecular weight excluding hydrogens is 162 g/mol. The van der Waals surface area contributed by atoms with Crippen molar-refractivity contribution in [2.45, 2.75) is 20.0 Å². The van der Waals surface area contributed by atoms with Crippen LogP contribution in [-0.4, -0.2) is 20.9 Å². The van der Waals surface area contributed by atoms with Gasteiger partial charge >= 0.3 is 6.01 Å². The van der Waals surface area contributed by atoms with E-state index < -0.39 is 0 Å². The Labute approximate surface area is 70.2 Å². The second-order valence-corrected chi connectivity index (χ2v) is 2.92. The molecule has 62 valence electrons. The first kappa shape index (κ1) is 8.26. The van der Waals surface area contributed by atoms with Gasteiger partial charge in [-0.25, -0.2) is 5.10 Å². The third-order valence-electron chi connectivity index (χ3n) is 1.18. The summed E-state index contributed by atoms with van der Waals surface area (Å²) < 4.78 is 7.58. The van der Waals surface area contributed by atoms with E-state index in [0.29, 0.717) is 10.8 Å². The van der Waals surface area contributed by atoms with Crippen molar-refractivity contribution in [2.75, 3.05) is 0 Å². The van der Waals surface area contributed by atoms with E-state index in [1.807, 2.05) is 20.9 Å². The molecule has 0 aliphatic heterocycles. The number of rotatable bonds is 2. The van der Waals surface area contributed by atoms with Gasteiger partial charge in [0.2, 0.25) is 0 Å². The highest BCUT2D eigenvalue weighted by molar-refractivity contribution is 7.71. The molecule has 5 heteroatoms. The molecule has 0 saturated heterocycles. The molecule has 0 fully saturated rings. The van der Waals surface area contributed by atoms with Gasteiger partial charge in [-0.1, -0.05) is 0 Å². The van der Waals surface area contributed by atoms with E-state index in [1.54, 1.807) is 4.57 Å². The SMILES string of the molecule is CC(C)Oc1n[nH]c(=S)n1C. The van der Waals surface area contributed by atoms with E-state index in [4.69, 9.17) is 17.0 Å². The Morgan fingerprint density at radius 3 is 2.64 bits per heavy atom. The van der Waals surface area contributed by atoms with Crippen LogP contribution in [0.1, 0.15) is 13.8 Å². The summed E-state index contributed by atoms with van der Waals surface area (Å²) in [5.74, 6) is 0. The lowest BCUT2D eigenvalue weighted by molar-refractivity contribution is 0.214. The van der Waals surface area contributed by atoms with Crippen molar-refractivity contribution in [1.82, 2.24) is 14.8 Å². The molecule has 0 aliphatic rings. The van der Waals surface area contributed by atoms with Gasteiger partial charge in [-0.2, -0.15) is 0 Å². The average molecular weight is 173 g/mol. The zero-order chi connectivity index (χ0) is 8.43. The molecule has 4 nitrogen and oxygen atoms in total. The molecule has 1 aromatic rings. The van der Waals surface area contributed by atoms with Crippen LogP contribution in [0.4, 0.5) is 0 Å². The van der Waals surface area contributed by atoms with Crippen molar-refractivity contribution < 1.29 is 4.74 Å². The van der Waals surface area contributed by atoms with Crippen LogP contribution in [0.5, 0.6) is 6.01 Å². The second-order valence-electron chi connectivity index (χ2n) is 2.54. The van der Waals surface area contributed by atoms with E-state index in [0.717, 1.165) is 0 Å². The quantitative estimate of drug-likeness (QED) is 0.685. The van der Waals surface area contributed by atoms with Gasteiger partial charge in [0.1, 0.15) is 0 Å². The van der Waals surface area contributed by atoms with Crippen LogP contribution in [0.3, 0.4) is 0 Å². The maximum Gasteiger partial charge on any atom is 0.315 e. The highest BCUT2D eigenvalue weighted by Gasteiger charge is 2.03. The van der Waals surface area contributed by atoms with Crippen LogP contribution in [-0.2, 0) is 7.05 Å². The molecule has 0 radical (unpaired) electrons. The largest absolute Gasteiger partial charge is 0.461 e. The Bertz CT molecular complexity index is 288. The molecule has 0 aromatic carbocycles. The van der Waals surface area contributed by atoms with Gasteiger partial charge in [0.25, 0.3) is 0 Å². The summed E-state index contributed by atoms with van der Waals surface area (Å²) in [5, 5.41) is 6.51. The highest BCUT2D eigenvalue weighted by atomic mass is 32.1. The standard InChI is InChI=1S/C6H11N3OS/c1-4(2)10-5-7-8-6(11)9(5)3/h4H,1-3H3,(H,8,11). The van der Waals surface area contributed by atoms with Crippen molar-refractivity contribution >= 4 is 12.2 Å². The third-order valence-corrected chi connectivity index (χ3v) is 1.55. The fraction of sp³-hybridized carbons (Fsp3) is 0.667. The molecule has 1 heterocycles. The van der Waals surface area contributed by atoms with Gasteiger partial charge in [0.05, 0.1) is 6.10 Å². The number of hydrogen-bond donors (Lipinski definition) is 1. The zero-order valence-corrected chi connectivity index (χ0v) is 7.60. The molecule has 0 atom stereocenters. The molecule has 0 saturated carbocycles. The minimum absolute atomic E-state index is 0.124. The average Bonchev–Trinajstić information content (AvgIpc) is 2.18. The van der Waals surface area contributed by atoms with Crippen LogP contribution in [0, 0.1) is 4.77 Å². The molecule has 0 aliphatic carbocycles. The van der Waals surface area contributed by atoms with Crippen LogP contribution in [0.25, 0.3) is 0 Å². The molecule has 0 amide bonds. The van der Waals surface area contributed by atoms with Gasteiger partial charge < -0.3 is 4.74 Å². The Hall–Kier alpha value is -0.840. The maximum atomic E-state index is 5.32. The molecule has 0 unspecified atom stereocenters. The highest BCUT2D eigenvalue weighted by Crippen LogP contribution is 2.05. The first-order valence-corrected chi connectivity index (χ1v) is 3.80.